The zero-order valence-corrected chi connectivity index (χ0v) is 14.4. The second-order valence-electron chi connectivity index (χ2n) is 6.00. The van der Waals surface area contributed by atoms with Crippen molar-refractivity contribution >= 4 is 23.3 Å². The van der Waals surface area contributed by atoms with Crippen LogP contribution in [0, 0.1) is 0 Å². The van der Waals surface area contributed by atoms with Gasteiger partial charge in [0.25, 0.3) is 0 Å². The van der Waals surface area contributed by atoms with Gasteiger partial charge in [0.05, 0.1) is 35.2 Å². The van der Waals surface area contributed by atoms with Gasteiger partial charge < -0.3 is 15.0 Å². The molecule has 1 fully saturated rings. The quantitative estimate of drug-likeness (QED) is 0.920. The molecule has 1 aliphatic rings. The van der Waals surface area contributed by atoms with Gasteiger partial charge >= 0.3 is 6.03 Å². The third kappa shape index (κ3) is 3.79. The van der Waals surface area contributed by atoms with Crippen molar-refractivity contribution in [2.45, 2.75) is 32.4 Å². The highest BCUT2D eigenvalue weighted by atomic mass is 35.5. The Hall–Kier alpha value is -2.28. The molecule has 1 atom stereocenters. The maximum atomic E-state index is 12.5. The zero-order chi connectivity index (χ0) is 17.1. The maximum absolute atomic E-state index is 12.5. The molecule has 8 heteroatoms. The van der Waals surface area contributed by atoms with Crippen LogP contribution in [0.2, 0.25) is 5.02 Å². The van der Waals surface area contributed by atoms with Crippen LogP contribution >= 0.6 is 11.6 Å². The Labute approximate surface area is 145 Å². The van der Waals surface area contributed by atoms with Gasteiger partial charge in [-0.2, -0.15) is 5.10 Å². The van der Waals surface area contributed by atoms with Crippen molar-refractivity contribution in [1.29, 1.82) is 0 Å². The average Bonchev–Trinajstić information content (AvgIpc) is 3.17. The summed E-state index contributed by atoms with van der Waals surface area (Å²) in [5.74, 6) is 0.565. The molecule has 24 heavy (non-hydrogen) atoms. The summed E-state index contributed by atoms with van der Waals surface area (Å²) in [6.45, 7) is 5.12. The normalized spacial score (nSPS) is 17.3. The van der Waals surface area contributed by atoms with Crippen LogP contribution in [0.5, 0.6) is 5.75 Å². The number of nitrogens with one attached hydrogen (secondary N) is 1. The molecule has 0 saturated carbocycles. The molecule has 128 valence electrons. The summed E-state index contributed by atoms with van der Waals surface area (Å²) < 4.78 is 7.49. The minimum atomic E-state index is -0.157. The number of anilines is 1. The maximum Gasteiger partial charge on any atom is 0.322 e. The van der Waals surface area contributed by atoms with Gasteiger partial charge in [0.1, 0.15) is 0 Å². The minimum Gasteiger partial charge on any atom is -0.487 e. The van der Waals surface area contributed by atoms with Crippen molar-refractivity contribution in [2.24, 2.45) is 0 Å². The second-order valence-corrected chi connectivity index (χ2v) is 6.43. The summed E-state index contributed by atoms with van der Waals surface area (Å²) in [4.78, 5) is 18.3. The standard InChI is InChI=1S/C16H20ClN5O2/c1-11(2)24-15-8-18-5-3-14(15)20-16(23)21-6-4-13(10-21)22-9-12(17)7-19-22/h3,5,7-9,11,13H,4,6,10H2,1-2H3,(H,18,20,23). The summed E-state index contributed by atoms with van der Waals surface area (Å²) in [6, 6.07) is 1.72. The molecule has 1 saturated heterocycles. The van der Waals surface area contributed by atoms with Gasteiger partial charge in [-0.05, 0) is 26.3 Å². The molecule has 7 nitrogen and oxygen atoms in total. The predicted molar refractivity (Wildman–Crippen MR) is 91.5 cm³/mol. The van der Waals surface area contributed by atoms with Gasteiger partial charge in [0.15, 0.2) is 5.75 Å². The molecule has 0 spiro atoms. The highest BCUT2D eigenvalue weighted by Gasteiger charge is 2.28. The van der Waals surface area contributed by atoms with Gasteiger partial charge in [0.2, 0.25) is 0 Å². The van der Waals surface area contributed by atoms with Crippen LogP contribution in [-0.4, -0.2) is 44.9 Å². The monoisotopic (exact) mass is 349 g/mol. The number of carbonyl (C=O) groups is 1. The Morgan fingerprint density at radius 3 is 3.00 bits per heavy atom. The number of aromatic nitrogens is 3. The number of amides is 2. The number of urea groups is 1. The highest BCUT2D eigenvalue weighted by Crippen LogP contribution is 2.26. The van der Waals surface area contributed by atoms with Crippen molar-refractivity contribution in [3.05, 3.63) is 35.9 Å². The van der Waals surface area contributed by atoms with E-state index in [0.29, 0.717) is 29.5 Å². The van der Waals surface area contributed by atoms with E-state index in [1.807, 2.05) is 18.5 Å². The van der Waals surface area contributed by atoms with Crippen LogP contribution in [0.3, 0.4) is 0 Å². The Bertz CT molecular complexity index is 718. The highest BCUT2D eigenvalue weighted by molar-refractivity contribution is 6.30. The minimum absolute atomic E-state index is 0.00517. The van der Waals surface area contributed by atoms with E-state index in [9.17, 15) is 4.79 Å². The third-order valence-corrected chi connectivity index (χ3v) is 3.98. The van der Waals surface area contributed by atoms with Crippen molar-refractivity contribution < 1.29 is 9.53 Å². The first-order valence-corrected chi connectivity index (χ1v) is 8.27. The Morgan fingerprint density at radius 1 is 1.46 bits per heavy atom. The fraction of sp³-hybridized carbons (Fsp3) is 0.438. The van der Waals surface area contributed by atoms with E-state index >= 15 is 0 Å². The van der Waals surface area contributed by atoms with Crippen LogP contribution in [0.25, 0.3) is 0 Å². The van der Waals surface area contributed by atoms with Crippen molar-refractivity contribution in [3.63, 3.8) is 0 Å². The Balaban J connectivity index is 1.64. The van der Waals surface area contributed by atoms with E-state index < -0.39 is 0 Å². The number of hydrogen-bond acceptors (Lipinski definition) is 4. The van der Waals surface area contributed by atoms with Crippen molar-refractivity contribution in [3.8, 4) is 5.75 Å². The lowest BCUT2D eigenvalue weighted by molar-refractivity contribution is 0.219. The Kier molecular flexibility index (Phi) is 4.89. The smallest absolute Gasteiger partial charge is 0.322 e. The lowest BCUT2D eigenvalue weighted by Crippen LogP contribution is -2.33. The summed E-state index contributed by atoms with van der Waals surface area (Å²) in [5.41, 5.74) is 0.620. The van der Waals surface area contributed by atoms with Gasteiger partial charge in [-0.15, -0.1) is 0 Å². The first kappa shape index (κ1) is 16.6. The lowest BCUT2D eigenvalue weighted by Gasteiger charge is -2.19. The third-order valence-electron chi connectivity index (χ3n) is 3.78. The number of pyridine rings is 1. The molecule has 0 aromatic carbocycles. The lowest BCUT2D eigenvalue weighted by atomic mass is 10.3. The van der Waals surface area contributed by atoms with Crippen LogP contribution in [-0.2, 0) is 0 Å². The van der Waals surface area contributed by atoms with E-state index in [1.165, 1.54) is 0 Å². The average molecular weight is 350 g/mol. The first-order valence-electron chi connectivity index (χ1n) is 7.89. The number of ether oxygens (including phenoxy) is 1. The molecule has 1 N–H and O–H groups in total. The van der Waals surface area contributed by atoms with Gasteiger partial charge in [-0.3, -0.25) is 9.67 Å². The van der Waals surface area contributed by atoms with E-state index in [-0.39, 0.29) is 18.2 Å². The van der Waals surface area contributed by atoms with Crippen molar-refractivity contribution in [2.75, 3.05) is 18.4 Å². The fourth-order valence-corrected chi connectivity index (χ4v) is 2.83. The summed E-state index contributed by atoms with van der Waals surface area (Å²) in [6.07, 6.45) is 7.47. The molecule has 0 radical (unpaired) electrons. The molecule has 2 aromatic rings. The topological polar surface area (TPSA) is 72.3 Å². The van der Waals surface area contributed by atoms with E-state index in [4.69, 9.17) is 16.3 Å². The number of nitrogens with zero attached hydrogens (tertiary/aromatic N) is 4. The molecule has 2 amide bonds. The first-order chi connectivity index (χ1) is 11.5. The summed E-state index contributed by atoms with van der Waals surface area (Å²) >= 11 is 5.91. The molecule has 2 aromatic heterocycles. The molecule has 3 rings (SSSR count). The van der Waals surface area contributed by atoms with E-state index in [1.54, 1.807) is 35.8 Å². The van der Waals surface area contributed by atoms with Crippen LogP contribution < -0.4 is 10.1 Å². The number of likely N-dealkylation sites (tertiary alicyclic amines) is 1. The number of halogens is 1. The molecular formula is C16H20ClN5O2. The van der Waals surface area contributed by atoms with Crippen LogP contribution in [0.1, 0.15) is 26.3 Å². The molecular weight excluding hydrogens is 330 g/mol. The largest absolute Gasteiger partial charge is 0.487 e. The van der Waals surface area contributed by atoms with E-state index in [0.717, 1.165) is 6.42 Å². The SMILES string of the molecule is CC(C)Oc1cnccc1NC(=O)N1CCC(n2cc(Cl)cn2)C1. The van der Waals surface area contributed by atoms with E-state index in [2.05, 4.69) is 15.4 Å². The van der Waals surface area contributed by atoms with Crippen molar-refractivity contribution in [1.82, 2.24) is 19.7 Å². The van der Waals surface area contributed by atoms with Gasteiger partial charge in [-0.1, -0.05) is 11.6 Å². The van der Waals surface area contributed by atoms with Crippen LogP contribution in [0.4, 0.5) is 10.5 Å². The Morgan fingerprint density at radius 2 is 2.29 bits per heavy atom. The number of carbonyl (C=O) groups excluding carboxylic acids is 1. The second kappa shape index (κ2) is 7.09. The summed E-state index contributed by atoms with van der Waals surface area (Å²) in [5, 5.41) is 7.72. The number of hydrogen-bond donors (Lipinski definition) is 1. The number of rotatable bonds is 4. The molecule has 3 heterocycles. The van der Waals surface area contributed by atoms with Crippen LogP contribution in [0.15, 0.2) is 30.9 Å². The molecule has 0 aliphatic carbocycles. The summed E-state index contributed by atoms with van der Waals surface area (Å²) in [7, 11) is 0. The molecule has 0 bridgehead atoms. The predicted octanol–water partition coefficient (Wildman–Crippen LogP) is 3.20. The molecule has 1 aliphatic heterocycles. The molecule has 1 unspecified atom stereocenters. The zero-order valence-electron chi connectivity index (χ0n) is 13.6. The fourth-order valence-electron chi connectivity index (χ4n) is 2.68. The van der Waals surface area contributed by atoms with Gasteiger partial charge in [-0.25, -0.2) is 4.79 Å². The van der Waals surface area contributed by atoms with Gasteiger partial charge in [0, 0.05) is 25.5 Å².